The predicted molar refractivity (Wildman–Crippen MR) is 114 cm³/mol. The molecule has 0 saturated carbocycles. The Bertz CT molecular complexity index is 759. The number of rotatable bonds is 8. The van der Waals surface area contributed by atoms with Crippen molar-refractivity contribution in [1.29, 1.82) is 0 Å². The van der Waals surface area contributed by atoms with Gasteiger partial charge in [-0.15, -0.1) is 0 Å². The molecule has 2 aromatic rings. The number of hydrogen-bond donors (Lipinski definition) is 1. The zero-order chi connectivity index (χ0) is 19.8. The first-order valence-electron chi connectivity index (χ1n) is 9.79. The summed E-state index contributed by atoms with van der Waals surface area (Å²) in [6, 6.07) is 15.7. The highest BCUT2D eigenvalue weighted by atomic mass is 35.5. The number of nitrogens with zero attached hydrogens (tertiary/aromatic N) is 2. The minimum atomic E-state index is -0.0979. The van der Waals surface area contributed by atoms with Crippen molar-refractivity contribution in [2.45, 2.75) is 13.3 Å². The van der Waals surface area contributed by atoms with Crippen LogP contribution in [-0.2, 0) is 4.79 Å². The Morgan fingerprint density at radius 3 is 2.57 bits per heavy atom. The summed E-state index contributed by atoms with van der Waals surface area (Å²) < 4.78 is 5.45. The minimum absolute atomic E-state index is 0.0246. The monoisotopic (exact) mass is 401 g/mol. The number of ether oxygens (including phenoxy) is 1. The van der Waals surface area contributed by atoms with Crippen LogP contribution < -0.4 is 15.0 Å². The van der Waals surface area contributed by atoms with Gasteiger partial charge in [-0.3, -0.25) is 9.69 Å². The molecule has 1 aliphatic rings. The molecule has 3 rings (SSSR count). The highest BCUT2D eigenvalue weighted by Crippen LogP contribution is 2.18. The largest absolute Gasteiger partial charge is 0.484 e. The van der Waals surface area contributed by atoms with E-state index in [-0.39, 0.29) is 12.5 Å². The van der Waals surface area contributed by atoms with E-state index in [9.17, 15) is 4.79 Å². The van der Waals surface area contributed by atoms with Crippen molar-refractivity contribution in [2.75, 3.05) is 50.8 Å². The van der Waals surface area contributed by atoms with Gasteiger partial charge in [0.25, 0.3) is 5.91 Å². The molecule has 1 N–H and O–H groups in total. The van der Waals surface area contributed by atoms with Crippen LogP contribution in [0.4, 0.5) is 5.69 Å². The Hall–Kier alpha value is -2.24. The average Bonchev–Trinajstić information content (AvgIpc) is 2.71. The number of carbonyl (C=O) groups is 1. The van der Waals surface area contributed by atoms with Crippen molar-refractivity contribution in [3.8, 4) is 5.75 Å². The number of hydrogen-bond acceptors (Lipinski definition) is 4. The van der Waals surface area contributed by atoms with Crippen LogP contribution in [0.1, 0.15) is 12.0 Å². The standard InChI is InChI=1S/C22H28ClN3O2/c1-18-4-2-5-20(16-18)26-14-12-25(13-15-26)11-3-10-24-22(27)17-28-21-8-6-19(23)7-9-21/h2,4-9,16H,3,10-15,17H2,1H3,(H,24,27). The lowest BCUT2D eigenvalue weighted by Crippen LogP contribution is -2.47. The minimum Gasteiger partial charge on any atom is -0.484 e. The zero-order valence-electron chi connectivity index (χ0n) is 16.4. The fourth-order valence-electron chi connectivity index (χ4n) is 3.32. The Morgan fingerprint density at radius 2 is 1.86 bits per heavy atom. The summed E-state index contributed by atoms with van der Waals surface area (Å²) in [6.07, 6.45) is 0.942. The van der Waals surface area contributed by atoms with Crippen molar-refractivity contribution < 1.29 is 9.53 Å². The third-order valence-electron chi connectivity index (χ3n) is 4.90. The number of nitrogens with one attached hydrogen (secondary N) is 1. The van der Waals surface area contributed by atoms with Gasteiger partial charge in [-0.05, 0) is 61.9 Å². The molecule has 0 atom stereocenters. The summed E-state index contributed by atoms with van der Waals surface area (Å²) in [6.45, 7) is 8.03. The molecule has 1 amide bonds. The third-order valence-corrected chi connectivity index (χ3v) is 5.15. The number of halogens is 1. The predicted octanol–water partition coefficient (Wildman–Crippen LogP) is 3.36. The van der Waals surface area contributed by atoms with Gasteiger partial charge in [-0.2, -0.15) is 0 Å². The second-order valence-corrected chi connectivity index (χ2v) is 7.55. The van der Waals surface area contributed by atoms with Crippen molar-refractivity contribution in [1.82, 2.24) is 10.2 Å². The second-order valence-electron chi connectivity index (χ2n) is 7.11. The summed E-state index contributed by atoms with van der Waals surface area (Å²) in [5.74, 6) is 0.547. The molecule has 1 heterocycles. The quantitative estimate of drug-likeness (QED) is 0.689. The van der Waals surface area contributed by atoms with Gasteiger partial charge in [0.05, 0.1) is 0 Å². The SMILES string of the molecule is Cc1cccc(N2CCN(CCCNC(=O)COc3ccc(Cl)cc3)CC2)c1. The van der Waals surface area contributed by atoms with E-state index in [0.29, 0.717) is 17.3 Å². The van der Waals surface area contributed by atoms with E-state index < -0.39 is 0 Å². The van der Waals surface area contributed by atoms with Crippen LogP contribution in [0.2, 0.25) is 5.02 Å². The van der Waals surface area contributed by atoms with Gasteiger partial charge in [0.15, 0.2) is 6.61 Å². The first-order valence-corrected chi connectivity index (χ1v) is 10.2. The van der Waals surface area contributed by atoms with Crippen LogP contribution in [-0.4, -0.2) is 56.7 Å². The van der Waals surface area contributed by atoms with Crippen LogP contribution in [0, 0.1) is 6.92 Å². The smallest absolute Gasteiger partial charge is 0.257 e. The van der Waals surface area contributed by atoms with Crippen molar-refractivity contribution >= 4 is 23.2 Å². The Balaban J connectivity index is 1.27. The molecule has 0 aliphatic carbocycles. The van der Waals surface area contributed by atoms with E-state index in [2.05, 4.69) is 46.3 Å². The molecule has 1 saturated heterocycles. The maximum absolute atomic E-state index is 11.9. The fourth-order valence-corrected chi connectivity index (χ4v) is 3.44. The van der Waals surface area contributed by atoms with Crippen molar-refractivity contribution in [3.05, 3.63) is 59.1 Å². The van der Waals surface area contributed by atoms with Crippen LogP contribution in [0.5, 0.6) is 5.75 Å². The van der Waals surface area contributed by atoms with Crippen LogP contribution in [0.25, 0.3) is 0 Å². The van der Waals surface area contributed by atoms with E-state index in [1.807, 2.05) is 0 Å². The molecule has 6 heteroatoms. The number of piperazine rings is 1. The molecule has 28 heavy (non-hydrogen) atoms. The topological polar surface area (TPSA) is 44.8 Å². The molecule has 2 aromatic carbocycles. The van der Waals surface area contributed by atoms with Gasteiger partial charge in [-0.1, -0.05) is 23.7 Å². The van der Waals surface area contributed by atoms with Gasteiger partial charge < -0.3 is 15.0 Å². The van der Waals surface area contributed by atoms with Crippen LogP contribution in [0.3, 0.4) is 0 Å². The van der Waals surface area contributed by atoms with E-state index in [1.54, 1.807) is 24.3 Å². The maximum Gasteiger partial charge on any atom is 0.257 e. The maximum atomic E-state index is 11.9. The fraction of sp³-hybridized carbons (Fsp3) is 0.409. The summed E-state index contributed by atoms with van der Waals surface area (Å²) in [5, 5.41) is 3.57. The molecule has 150 valence electrons. The Kier molecular flexibility index (Phi) is 7.57. The summed E-state index contributed by atoms with van der Waals surface area (Å²) in [7, 11) is 0. The second kappa shape index (κ2) is 10.3. The first kappa shape index (κ1) is 20.5. The third kappa shape index (κ3) is 6.43. The molecular formula is C22H28ClN3O2. The molecule has 0 bridgehead atoms. The summed E-state index contributed by atoms with van der Waals surface area (Å²) in [5.41, 5.74) is 2.61. The summed E-state index contributed by atoms with van der Waals surface area (Å²) in [4.78, 5) is 16.8. The normalized spacial score (nSPS) is 14.7. The van der Waals surface area contributed by atoms with Crippen molar-refractivity contribution in [2.24, 2.45) is 0 Å². The molecule has 0 aromatic heterocycles. The molecule has 1 aliphatic heterocycles. The molecule has 0 spiro atoms. The first-order chi connectivity index (χ1) is 13.6. The lowest BCUT2D eigenvalue weighted by Gasteiger charge is -2.36. The van der Waals surface area contributed by atoms with Gasteiger partial charge in [-0.25, -0.2) is 0 Å². The molecular weight excluding hydrogens is 374 g/mol. The number of carbonyl (C=O) groups excluding carboxylic acids is 1. The lowest BCUT2D eigenvalue weighted by molar-refractivity contribution is -0.123. The van der Waals surface area contributed by atoms with E-state index in [4.69, 9.17) is 16.3 Å². The average molecular weight is 402 g/mol. The number of aryl methyl sites for hydroxylation is 1. The van der Waals surface area contributed by atoms with Crippen LogP contribution >= 0.6 is 11.6 Å². The van der Waals surface area contributed by atoms with Gasteiger partial charge in [0.1, 0.15) is 5.75 Å². The highest BCUT2D eigenvalue weighted by Gasteiger charge is 2.16. The Morgan fingerprint density at radius 1 is 1.11 bits per heavy atom. The molecule has 0 unspecified atom stereocenters. The number of anilines is 1. The van der Waals surface area contributed by atoms with Gasteiger partial charge in [0, 0.05) is 43.4 Å². The number of amides is 1. The van der Waals surface area contributed by atoms with E-state index >= 15 is 0 Å². The van der Waals surface area contributed by atoms with Crippen molar-refractivity contribution in [3.63, 3.8) is 0 Å². The van der Waals surface area contributed by atoms with E-state index in [0.717, 1.165) is 39.1 Å². The summed E-state index contributed by atoms with van der Waals surface area (Å²) >= 11 is 5.83. The van der Waals surface area contributed by atoms with E-state index in [1.165, 1.54) is 11.3 Å². The molecule has 5 nitrogen and oxygen atoms in total. The van der Waals surface area contributed by atoms with Crippen LogP contribution in [0.15, 0.2) is 48.5 Å². The lowest BCUT2D eigenvalue weighted by atomic mass is 10.2. The number of benzene rings is 2. The molecule has 1 fully saturated rings. The van der Waals surface area contributed by atoms with Gasteiger partial charge in [0.2, 0.25) is 0 Å². The zero-order valence-corrected chi connectivity index (χ0v) is 17.1. The highest BCUT2D eigenvalue weighted by molar-refractivity contribution is 6.30. The van der Waals surface area contributed by atoms with Gasteiger partial charge >= 0.3 is 0 Å². The Labute approximate surface area is 172 Å². The molecule has 0 radical (unpaired) electrons.